The van der Waals surface area contributed by atoms with Gasteiger partial charge in [0.15, 0.2) is 0 Å². The Bertz CT molecular complexity index is 348. The van der Waals surface area contributed by atoms with Crippen LogP contribution in [-0.4, -0.2) is 55.9 Å². The predicted octanol–water partition coefficient (Wildman–Crippen LogP) is 0.292. The van der Waals surface area contributed by atoms with E-state index in [2.05, 4.69) is 0 Å². The van der Waals surface area contributed by atoms with Gasteiger partial charge in [-0.3, -0.25) is 4.79 Å². The van der Waals surface area contributed by atoms with Crippen molar-refractivity contribution >= 4 is 16.0 Å². The van der Waals surface area contributed by atoms with E-state index >= 15 is 0 Å². The maximum absolute atomic E-state index is 11.9. The lowest BCUT2D eigenvalue weighted by atomic mass is 10.1. The summed E-state index contributed by atoms with van der Waals surface area (Å²) in [5, 5.41) is 8.47. The van der Waals surface area contributed by atoms with Crippen LogP contribution in [-0.2, 0) is 19.6 Å². The molecule has 1 aliphatic rings. The Morgan fingerprint density at radius 2 is 2.00 bits per heavy atom. The molecule has 0 saturated carbocycles. The van der Waals surface area contributed by atoms with E-state index in [1.54, 1.807) is 7.05 Å². The molecule has 1 heterocycles. The highest BCUT2D eigenvalue weighted by Crippen LogP contribution is 2.17. The summed E-state index contributed by atoms with van der Waals surface area (Å²) in [6.45, 7) is 1.17. The molecule has 6 nitrogen and oxygen atoms in total. The Kier molecular flexibility index (Phi) is 5.35. The van der Waals surface area contributed by atoms with Crippen LogP contribution in [0.2, 0.25) is 0 Å². The van der Waals surface area contributed by atoms with E-state index in [0.29, 0.717) is 26.1 Å². The van der Waals surface area contributed by atoms with Crippen LogP contribution in [0.25, 0.3) is 0 Å². The molecular weight excluding hydrogens is 246 g/mol. The van der Waals surface area contributed by atoms with E-state index in [1.165, 1.54) is 4.31 Å². The SMILES string of the molecule is CN(C1CCOCC1)S(=O)(=O)CCCC(=O)O. The van der Waals surface area contributed by atoms with Crippen molar-refractivity contribution in [1.82, 2.24) is 4.31 Å². The van der Waals surface area contributed by atoms with E-state index < -0.39 is 16.0 Å². The Balaban J connectivity index is 2.47. The van der Waals surface area contributed by atoms with Gasteiger partial charge in [-0.15, -0.1) is 0 Å². The molecule has 0 spiro atoms. The lowest BCUT2D eigenvalue weighted by Gasteiger charge is -2.30. The molecule has 1 saturated heterocycles. The van der Waals surface area contributed by atoms with Crippen molar-refractivity contribution < 1.29 is 23.1 Å². The van der Waals surface area contributed by atoms with Gasteiger partial charge in [0, 0.05) is 32.7 Å². The van der Waals surface area contributed by atoms with Gasteiger partial charge in [0.05, 0.1) is 5.75 Å². The molecule has 0 amide bonds. The van der Waals surface area contributed by atoms with Crippen molar-refractivity contribution in [2.24, 2.45) is 0 Å². The molecule has 0 aromatic carbocycles. The smallest absolute Gasteiger partial charge is 0.303 e. The van der Waals surface area contributed by atoms with Gasteiger partial charge in [-0.05, 0) is 19.3 Å². The number of carboxylic acid groups (broad SMARTS) is 1. The maximum atomic E-state index is 11.9. The number of carboxylic acids is 1. The highest BCUT2D eigenvalue weighted by atomic mass is 32.2. The van der Waals surface area contributed by atoms with Crippen molar-refractivity contribution in [3.8, 4) is 0 Å². The van der Waals surface area contributed by atoms with Gasteiger partial charge >= 0.3 is 5.97 Å². The molecule has 100 valence electrons. The normalized spacial score (nSPS) is 18.5. The van der Waals surface area contributed by atoms with Crippen LogP contribution in [0.1, 0.15) is 25.7 Å². The van der Waals surface area contributed by atoms with Gasteiger partial charge in [0.1, 0.15) is 0 Å². The first-order valence-electron chi connectivity index (χ1n) is 5.69. The standard InChI is InChI=1S/C10H19NO5S/c1-11(9-4-6-16-7-5-9)17(14,15)8-2-3-10(12)13/h9H,2-8H2,1H3,(H,12,13). The zero-order chi connectivity index (χ0) is 12.9. The monoisotopic (exact) mass is 265 g/mol. The van der Waals surface area contributed by atoms with Crippen LogP contribution in [0, 0.1) is 0 Å². The molecule has 1 rings (SSSR count). The topological polar surface area (TPSA) is 83.9 Å². The van der Waals surface area contributed by atoms with Crippen LogP contribution in [0.15, 0.2) is 0 Å². The maximum Gasteiger partial charge on any atom is 0.303 e. The molecule has 7 heteroatoms. The first kappa shape index (κ1) is 14.4. The molecule has 0 atom stereocenters. The third-order valence-electron chi connectivity index (χ3n) is 2.94. The summed E-state index contributed by atoms with van der Waals surface area (Å²) in [6, 6.07) is -0.0152. The third kappa shape index (κ3) is 4.61. The average molecular weight is 265 g/mol. The Morgan fingerprint density at radius 1 is 1.41 bits per heavy atom. The minimum Gasteiger partial charge on any atom is -0.481 e. The lowest BCUT2D eigenvalue weighted by Crippen LogP contribution is -2.41. The lowest BCUT2D eigenvalue weighted by molar-refractivity contribution is -0.137. The molecule has 0 aromatic rings. The predicted molar refractivity (Wildman–Crippen MR) is 62.3 cm³/mol. The molecule has 17 heavy (non-hydrogen) atoms. The van der Waals surface area contributed by atoms with Crippen LogP contribution in [0.5, 0.6) is 0 Å². The molecular formula is C10H19NO5S. The fraction of sp³-hybridized carbons (Fsp3) is 0.900. The van der Waals surface area contributed by atoms with Crippen molar-refractivity contribution in [1.29, 1.82) is 0 Å². The minimum absolute atomic E-state index is 0.0152. The van der Waals surface area contributed by atoms with Crippen LogP contribution in [0.3, 0.4) is 0 Å². The molecule has 0 aromatic heterocycles. The summed E-state index contributed by atoms with van der Waals surface area (Å²) in [7, 11) is -1.78. The summed E-state index contributed by atoms with van der Waals surface area (Å²) in [5.41, 5.74) is 0. The zero-order valence-electron chi connectivity index (χ0n) is 9.96. The molecule has 0 unspecified atom stereocenters. The fourth-order valence-electron chi connectivity index (χ4n) is 1.83. The van der Waals surface area contributed by atoms with Crippen LogP contribution >= 0.6 is 0 Å². The van der Waals surface area contributed by atoms with Gasteiger partial charge in [-0.25, -0.2) is 12.7 Å². The highest BCUT2D eigenvalue weighted by molar-refractivity contribution is 7.89. The quantitative estimate of drug-likeness (QED) is 0.746. The number of carbonyl (C=O) groups is 1. The number of aliphatic carboxylic acids is 1. The van der Waals surface area contributed by atoms with E-state index in [-0.39, 0.29) is 24.6 Å². The zero-order valence-corrected chi connectivity index (χ0v) is 10.8. The number of hydrogen-bond donors (Lipinski definition) is 1. The largest absolute Gasteiger partial charge is 0.481 e. The second-order valence-electron chi connectivity index (χ2n) is 4.17. The van der Waals surface area contributed by atoms with Crippen molar-refractivity contribution in [3.05, 3.63) is 0 Å². The molecule has 1 N–H and O–H groups in total. The van der Waals surface area contributed by atoms with Gasteiger partial charge in [0.2, 0.25) is 10.0 Å². The molecule has 0 aliphatic carbocycles. The Morgan fingerprint density at radius 3 is 2.53 bits per heavy atom. The van der Waals surface area contributed by atoms with E-state index in [1.807, 2.05) is 0 Å². The van der Waals surface area contributed by atoms with Gasteiger partial charge < -0.3 is 9.84 Å². The van der Waals surface area contributed by atoms with Gasteiger partial charge in [-0.2, -0.15) is 0 Å². The molecule has 0 radical (unpaired) electrons. The van der Waals surface area contributed by atoms with E-state index in [9.17, 15) is 13.2 Å². The summed E-state index contributed by atoms with van der Waals surface area (Å²) in [5.74, 6) is -1.07. The summed E-state index contributed by atoms with van der Waals surface area (Å²) < 4.78 is 30.4. The van der Waals surface area contributed by atoms with Gasteiger partial charge in [-0.1, -0.05) is 0 Å². The number of sulfonamides is 1. The summed E-state index contributed by atoms with van der Waals surface area (Å²) >= 11 is 0. The number of nitrogens with zero attached hydrogens (tertiary/aromatic N) is 1. The highest BCUT2D eigenvalue weighted by Gasteiger charge is 2.27. The molecule has 0 bridgehead atoms. The summed E-state index contributed by atoms with van der Waals surface area (Å²) in [6.07, 6.45) is 1.45. The molecule has 1 fully saturated rings. The summed E-state index contributed by atoms with van der Waals surface area (Å²) in [4.78, 5) is 10.3. The number of ether oxygens (including phenoxy) is 1. The first-order chi connectivity index (χ1) is 7.93. The van der Waals surface area contributed by atoms with Crippen LogP contribution in [0.4, 0.5) is 0 Å². The van der Waals surface area contributed by atoms with E-state index in [0.717, 1.165) is 0 Å². The second kappa shape index (κ2) is 6.32. The molecule has 1 aliphatic heterocycles. The number of rotatable bonds is 6. The fourth-order valence-corrected chi connectivity index (χ4v) is 3.29. The first-order valence-corrected chi connectivity index (χ1v) is 7.29. The van der Waals surface area contributed by atoms with Crippen LogP contribution < -0.4 is 0 Å². The second-order valence-corrected chi connectivity index (χ2v) is 6.32. The van der Waals surface area contributed by atoms with Gasteiger partial charge in [0.25, 0.3) is 0 Å². The average Bonchev–Trinajstić information content (AvgIpc) is 2.28. The Labute approximate surface area is 102 Å². The number of hydrogen-bond acceptors (Lipinski definition) is 4. The van der Waals surface area contributed by atoms with Crippen molar-refractivity contribution in [2.75, 3.05) is 26.0 Å². The third-order valence-corrected chi connectivity index (χ3v) is 4.92. The van der Waals surface area contributed by atoms with E-state index in [4.69, 9.17) is 9.84 Å². The van der Waals surface area contributed by atoms with Crippen molar-refractivity contribution in [3.63, 3.8) is 0 Å². The minimum atomic E-state index is -3.34. The Hall–Kier alpha value is -0.660. The van der Waals surface area contributed by atoms with Crippen molar-refractivity contribution in [2.45, 2.75) is 31.7 Å².